The van der Waals surface area contributed by atoms with Crippen LogP contribution in [0.1, 0.15) is 11.1 Å². The van der Waals surface area contributed by atoms with E-state index in [1.165, 1.54) is 19.0 Å². The van der Waals surface area contributed by atoms with Gasteiger partial charge in [-0.25, -0.2) is 39.3 Å². The normalized spacial score (nSPS) is 11.8. The van der Waals surface area contributed by atoms with E-state index < -0.39 is 16.1 Å². The third-order valence-electron chi connectivity index (χ3n) is 10.1. The number of nitrogens with one attached hydrogen (secondary N) is 2. The summed E-state index contributed by atoms with van der Waals surface area (Å²) in [5.74, 6) is 1.32. The monoisotopic (exact) mass is 1150 g/mol. The van der Waals surface area contributed by atoms with Crippen LogP contribution in [0, 0.1) is 21.2 Å². The number of hydrogen-bond acceptors (Lipinski definition) is 17. The second kappa shape index (κ2) is 20.6. The molecule has 0 saturated carbocycles. The molecule has 9 aromatic rings. The van der Waals surface area contributed by atoms with E-state index in [-0.39, 0.29) is 0 Å². The van der Waals surface area contributed by atoms with E-state index in [0.717, 1.165) is 87.1 Å². The molecule has 0 aliphatic rings. The summed E-state index contributed by atoms with van der Waals surface area (Å²) < 4.78 is 22.7. The summed E-state index contributed by atoms with van der Waals surface area (Å²) in [5.41, 5.74) is 26.0. The molecule has 0 bridgehead atoms. The number of aromatic nitrogens is 13. The van der Waals surface area contributed by atoms with Crippen molar-refractivity contribution in [2.24, 2.45) is 0 Å². The summed E-state index contributed by atoms with van der Waals surface area (Å²) in [6.45, 7) is 20.2. The first-order valence-electron chi connectivity index (χ1n) is 21.0. The van der Waals surface area contributed by atoms with Crippen molar-refractivity contribution in [1.29, 1.82) is 0 Å². The number of benzene rings is 2. The van der Waals surface area contributed by atoms with E-state index >= 15 is 0 Å². The minimum Gasteiger partial charge on any atom is -0.423 e. The number of oxazole rings is 1. The van der Waals surface area contributed by atoms with E-state index in [9.17, 15) is 0 Å². The number of rotatable bonds is 13. The van der Waals surface area contributed by atoms with E-state index in [0.29, 0.717) is 54.8 Å². The molecule has 346 valence electrons. The fraction of sp³-hybridized carbons (Fsp3) is 0.333. The summed E-state index contributed by atoms with van der Waals surface area (Å²) >= 11 is 4.24. The Morgan fingerprint density at radius 3 is 1.88 bits per heavy atom. The average Bonchev–Trinajstić information content (AvgIpc) is 4.03. The van der Waals surface area contributed by atoms with Crippen LogP contribution < -0.4 is 22.5 Å². The Morgan fingerprint density at radius 1 is 0.712 bits per heavy atom. The first kappa shape index (κ1) is 48.5. The SMILES string of the molecule is C[Si](C)(C)CCOCn1nc(I)c2c(N)ncnc21.Cc1cc(C)c2oc(Nc3ccc(-c4nn(COCC[Si](C)(C)C)c5ncnc(N)c45)cc3)nc2c1.Nc1ncnc2n[nH]c(I)c12. The van der Waals surface area contributed by atoms with Gasteiger partial charge in [0.05, 0.1) is 16.2 Å². The fourth-order valence-corrected chi connectivity index (χ4v) is 9.49. The molecule has 66 heavy (non-hydrogen) atoms. The van der Waals surface area contributed by atoms with Crippen LogP contribution in [-0.2, 0) is 22.9 Å². The molecule has 0 amide bonds. The second-order valence-corrected chi connectivity index (χ2v) is 31.2. The molecule has 7 aromatic heterocycles. The smallest absolute Gasteiger partial charge is 0.300 e. The number of nitrogens with two attached hydrogens (primary N) is 3. The van der Waals surface area contributed by atoms with Crippen LogP contribution >= 0.6 is 45.2 Å². The number of halogens is 2. The zero-order valence-corrected chi connectivity index (χ0v) is 44.3. The molecule has 0 spiro atoms. The van der Waals surface area contributed by atoms with Crippen molar-refractivity contribution in [3.05, 3.63) is 73.9 Å². The van der Waals surface area contributed by atoms with Crippen LogP contribution in [0.2, 0.25) is 51.4 Å². The lowest BCUT2D eigenvalue weighted by Gasteiger charge is -2.15. The molecule has 24 heteroatoms. The quantitative estimate of drug-likeness (QED) is 0.0410. The Kier molecular flexibility index (Phi) is 15.2. The number of fused-ring (bicyclic) bond motifs is 4. The number of nitrogen functional groups attached to an aromatic ring is 3. The Balaban J connectivity index is 0.000000178. The molecule has 7 heterocycles. The molecule has 2 aromatic carbocycles. The number of aryl methyl sites for hydroxylation is 2. The lowest BCUT2D eigenvalue weighted by molar-refractivity contribution is 0.0810. The third kappa shape index (κ3) is 11.9. The van der Waals surface area contributed by atoms with Gasteiger partial charge in [0.1, 0.15) is 68.5 Å². The van der Waals surface area contributed by atoms with Gasteiger partial charge in [0.15, 0.2) is 22.5 Å². The van der Waals surface area contributed by atoms with Crippen molar-refractivity contribution < 1.29 is 13.9 Å². The van der Waals surface area contributed by atoms with Gasteiger partial charge in [-0.3, -0.25) is 5.10 Å². The number of nitrogens with zero attached hydrogens (tertiary/aromatic N) is 12. The highest BCUT2D eigenvalue weighted by molar-refractivity contribution is 14.1. The molecule has 0 aliphatic carbocycles. The molecule has 9 rings (SSSR count). The number of anilines is 5. The highest BCUT2D eigenvalue weighted by Gasteiger charge is 2.19. The number of ether oxygens (including phenoxy) is 2. The molecule has 0 atom stereocenters. The fourth-order valence-electron chi connectivity index (χ4n) is 6.57. The van der Waals surface area contributed by atoms with Crippen molar-refractivity contribution in [2.75, 3.05) is 35.7 Å². The van der Waals surface area contributed by atoms with Crippen molar-refractivity contribution in [2.45, 2.75) is 78.7 Å². The van der Waals surface area contributed by atoms with E-state index in [1.54, 1.807) is 9.36 Å². The summed E-state index contributed by atoms with van der Waals surface area (Å²) in [5, 5.41) is 21.4. The van der Waals surface area contributed by atoms with Gasteiger partial charge in [0.25, 0.3) is 6.01 Å². The number of hydrogen-bond donors (Lipinski definition) is 5. The molecule has 8 N–H and O–H groups in total. The minimum absolute atomic E-state index is 0.313. The zero-order valence-electron chi connectivity index (χ0n) is 38.0. The first-order chi connectivity index (χ1) is 31.3. The number of aromatic amines is 1. The highest BCUT2D eigenvalue weighted by atomic mass is 127. The second-order valence-electron chi connectivity index (χ2n) is 17.9. The first-order valence-corrected chi connectivity index (χ1v) is 30.5. The van der Waals surface area contributed by atoms with Crippen molar-refractivity contribution in [3.8, 4) is 11.3 Å². The predicted molar refractivity (Wildman–Crippen MR) is 281 cm³/mol. The predicted octanol–water partition coefficient (Wildman–Crippen LogP) is 8.75. The van der Waals surface area contributed by atoms with Gasteiger partial charge in [0.2, 0.25) is 0 Å². The van der Waals surface area contributed by atoms with Crippen LogP contribution in [0.3, 0.4) is 0 Å². The third-order valence-corrected chi connectivity index (χ3v) is 15.0. The van der Waals surface area contributed by atoms with Gasteiger partial charge in [-0.05, 0) is 100 Å². The molecule has 0 aliphatic heterocycles. The van der Waals surface area contributed by atoms with Gasteiger partial charge in [0, 0.05) is 40.6 Å². The zero-order chi connectivity index (χ0) is 47.3. The van der Waals surface area contributed by atoms with E-state index in [4.69, 9.17) is 36.2 Å². The van der Waals surface area contributed by atoms with Crippen LogP contribution in [0.25, 0.3) is 55.5 Å². The lowest BCUT2D eigenvalue weighted by atomic mass is 10.1. The van der Waals surface area contributed by atoms with Crippen molar-refractivity contribution in [3.63, 3.8) is 0 Å². The molecule has 0 radical (unpaired) electrons. The molecular weight excluding hydrogens is 1100 g/mol. The van der Waals surface area contributed by atoms with Crippen molar-refractivity contribution >= 4 is 135 Å². The summed E-state index contributed by atoms with van der Waals surface area (Å²) in [6, 6.07) is 14.6. The minimum atomic E-state index is -1.17. The van der Waals surface area contributed by atoms with E-state index in [1.807, 2.05) is 37.3 Å². The van der Waals surface area contributed by atoms with Crippen LogP contribution in [0.4, 0.5) is 29.2 Å². The van der Waals surface area contributed by atoms with Gasteiger partial charge in [-0.1, -0.05) is 57.5 Å². The number of H-pyrrole nitrogens is 1. The van der Waals surface area contributed by atoms with Gasteiger partial charge >= 0.3 is 0 Å². The molecular formula is C42H53I2N17O3Si2. The summed E-state index contributed by atoms with van der Waals surface area (Å²) in [7, 11) is -2.23. The van der Waals surface area contributed by atoms with Gasteiger partial charge < -0.3 is 36.4 Å². The largest absolute Gasteiger partial charge is 0.423 e. The lowest BCUT2D eigenvalue weighted by Crippen LogP contribution is -2.22. The standard InChI is InChI=1S/C26H31N7O2Si.C11H18IN5OSi.C5H4IN5/c1-16-12-17(2)23-20(13-16)31-26(35-23)30-19-8-6-18(7-9-19)22-21-24(27)28-14-29-25(21)33(32-22)15-34-10-11-36(3,4)5;1-19(2,3)5-4-18-7-17-11-8(9(12)16-17)10(13)14-6-15-11;6-3-2-4(7)8-1-9-5(2)11-10-3/h6-9,12-14H,10-11,15H2,1-5H3,(H,30,31)(H2,27,28,29);6H,4-5,7H2,1-3H3,(H2,13,14,15);1H,(H3,7,8,9,10,11). The summed E-state index contributed by atoms with van der Waals surface area (Å²) in [4.78, 5) is 29.2. The topological polar surface area (TPSA) is 276 Å². The Labute approximate surface area is 410 Å². The molecule has 0 saturated heterocycles. The van der Waals surface area contributed by atoms with Gasteiger partial charge in [-0.2, -0.15) is 20.3 Å². The maximum Gasteiger partial charge on any atom is 0.300 e. The average molecular weight is 1150 g/mol. The maximum absolute atomic E-state index is 6.24. The molecule has 0 fully saturated rings. The molecule has 20 nitrogen and oxygen atoms in total. The van der Waals surface area contributed by atoms with E-state index in [2.05, 4.69) is 153 Å². The van der Waals surface area contributed by atoms with Gasteiger partial charge in [-0.15, -0.1) is 0 Å². The Bertz CT molecular complexity index is 3110. The Hall–Kier alpha value is -5.43. The highest BCUT2D eigenvalue weighted by Crippen LogP contribution is 2.32. The van der Waals surface area contributed by atoms with Crippen LogP contribution in [0.5, 0.6) is 0 Å². The Morgan fingerprint density at radius 2 is 1.27 bits per heavy atom. The van der Waals surface area contributed by atoms with Crippen molar-refractivity contribution in [1.82, 2.24) is 64.6 Å². The molecule has 0 unspecified atom stereocenters. The summed E-state index contributed by atoms with van der Waals surface area (Å²) in [6.07, 6.45) is 4.31. The maximum atomic E-state index is 6.24. The van der Waals surface area contributed by atoms with Crippen LogP contribution in [-0.4, -0.2) is 94.0 Å². The van der Waals surface area contributed by atoms with Crippen LogP contribution in [0.15, 0.2) is 59.8 Å².